The summed E-state index contributed by atoms with van der Waals surface area (Å²) in [6.45, 7) is 3.93. The first kappa shape index (κ1) is 13.4. The number of hydrogen-bond donors (Lipinski definition) is 2. The number of rotatable bonds is 5. The fourth-order valence-corrected chi connectivity index (χ4v) is 1.44. The van der Waals surface area contributed by atoms with E-state index in [4.69, 9.17) is 8.94 Å². The van der Waals surface area contributed by atoms with Gasteiger partial charge in [-0.2, -0.15) is 0 Å². The summed E-state index contributed by atoms with van der Waals surface area (Å²) in [4.78, 5) is 11.8. The summed E-state index contributed by atoms with van der Waals surface area (Å²) >= 11 is 0. The second-order valence-corrected chi connectivity index (χ2v) is 4.58. The number of nitrogens with zero attached hydrogens (tertiary/aromatic N) is 1. The van der Waals surface area contributed by atoms with Crippen molar-refractivity contribution in [3.8, 4) is 11.5 Å². The fourth-order valence-electron chi connectivity index (χ4n) is 1.44. The topological polar surface area (TPSA) is 88.5 Å². The van der Waals surface area contributed by atoms with Crippen molar-refractivity contribution in [2.75, 3.05) is 6.54 Å². The van der Waals surface area contributed by atoms with E-state index in [0.717, 1.165) is 0 Å². The van der Waals surface area contributed by atoms with Gasteiger partial charge < -0.3 is 19.4 Å². The van der Waals surface area contributed by atoms with Gasteiger partial charge in [-0.3, -0.25) is 4.79 Å². The van der Waals surface area contributed by atoms with Gasteiger partial charge in [-0.25, -0.2) is 0 Å². The largest absolute Gasteiger partial charge is 0.461 e. The molecule has 0 aliphatic heterocycles. The van der Waals surface area contributed by atoms with Crippen LogP contribution in [0.15, 0.2) is 33.4 Å². The molecule has 6 heteroatoms. The highest BCUT2D eigenvalue weighted by Crippen LogP contribution is 2.20. The molecule has 6 nitrogen and oxygen atoms in total. The number of amides is 1. The summed E-state index contributed by atoms with van der Waals surface area (Å²) in [5.74, 6) is 0.589. The van der Waals surface area contributed by atoms with Crippen LogP contribution in [-0.2, 0) is 0 Å². The summed E-state index contributed by atoms with van der Waals surface area (Å²) in [7, 11) is 0. The molecular formula is C13H16N2O4. The molecule has 1 unspecified atom stereocenters. The molecule has 0 aliphatic carbocycles. The third-order valence-electron chi connectivity index (χ3n) is 2.75. The third kappa shape index (κ3) is 3.23. The molecule has 1 atom stereocenters. The minimum Gasteiger partial charge on any atom is -0.461 e. The average molecular weight is 264 g/mol. The van der Waals surface area contributed by atoms with Crippen LogP contribution in [0.5, 0.6) is 0 Å². The van der Waals surface area contributed by atoms with Gasteiger partial charge in [-0.05, 0) is 18.1 Å². The molecule has 2 N–H and O–H groups in total. The number of carbonyl (C=O) groups is 1. The smallest absolute Gasteiger partial charge is 0.273 e. The summed E-state index contributed by atoms with van der Waals surface area (Å²) in [5.41, 5.74) is 0.155. The molecule has 2 aromatic rings. The summed E-state index contributed by atoms with van der Waals surface area (Å²) in [6, 6.07) is 4.93. The molecule has 0 radical (unpaired) electrons. The Kier molecular flexibility index (Phi) is 4.01. The van der Waals surface area contributed by atoms with Gasteiger partial charge in [0.2, 0.25) is 5.76 Å². The molecule has 2 heterocycles. The minimum atomic E-state index is -0.583. The Morgan fingerprint density at radius 2 is 2.26 bits per heavy atom. The normalized spacial score (nSPS) is 12.6. The van der Waals surface area contributed by atoms with Crippen LogP contribution in [0.4, 0.5) is 0 Å². The zero-order chi connectivity index (χ0) is 13.8. The van der Waals surface area contributed by atoms with Gasteiger partial charge in [-0.1, -0.05) is 19.0 Å². The lowest BCUT2D eigenvalue weighted by Crippen LogP contribution is -2.34. The third-order valence-corrected chi connectivity index (χ3v) is 2.75. The summed E-state index contributed by atoms with van der Waals surface area (Å²) in [6.07, 6.45) is 0.928. The van der Waals surface area contributed by atoms with E-state index >= 15 is 0 Å². The first-order chi connectivity index (χ1) is 9.08. The first-order valence-corrected chi connectivity index (χ1v) is 6.04. The minimum absolute atomic E-state index is 0.0799. The second-order valence-electron chi connectivity index (χ2n) is 4.58. The van der Waals surface area contributed by atoms with Crippen molar-refractivity contribution in [2.24, 2.45) is 5.92 Å². The van der Waals surface area contributed by atoms with E-state index in [9.17, 15) is 9.90 Å². The monoisotopic (exact) mass is 264 g/mol. The molecular weight excluding hydrogens is 248 g/mol. The van der Waals surface area contributed by atoms with Crippen molar-refractivity contribution in [1.29, 1.82) is 0 Å². The fraction of sp³-hybridized carbons (Fsp3) is 0.385. The summed E-state index contributed by atoms with van der Waals surface area (Å²) in [5, 5.41) is 15.9. The highest BCUT2D eigenvalue weighted by molar-refractivity contribution is 5.92. The Bertz CT molecular complexity index is 531. The standard InChI is InChI=1S/C13H16N2O4/c1-8(2)10(16)7-14-13(17)9-6-12(19-15-9)11-4-3-5-18-11/h3-6,8,10,16H,7H2,1-2H3,(H,14,17). The van der Waals surface area contributed by atoms with E-state index in [2.05, 4.69) is 10.5 Å². The zero-order valence-corrected chi connectivity index (χ0v) is 10.8. The maximum atomic E-state index is 11.8. The van der Waals surface area contributed by atoms with Crippen LogP contribution in [0.25, 0.3) is 11.5 Å². The predicted molar refractivity (Wildman–Crippen MR) is 67.4 cm³/mol. The van der Waals surface area contributed by atoms with Crippen LogP contribution in [0, 0.1) is 5.92 Å². The number of carbonyl (C=O) groups excluding carboxylic acids is 1. The Morgan fingerprint density at radius 3 is 2.89 bits per heavy atom. The molecule has 0 aromatic carbocycles. The van der Waals surface area contributed by atoms with Crippen molar-refractivity contribution in [1.82, 2.24) is 10.5 Å². The number of aliphatic hydroxyl groups is 1. The lowest BCUT2D eigenvalue weighted by molar-refractivity contribution is 0.0863. The SMILES string of the molecule is CC(C)C(O)CNC(=O)c1cc(-c2ccco2)on1. The van der Waals surface area contributed by atoms with Crippen LogP contribution in [0.1, 0.15) is 24.3 Å². The van der Waals surface area contributed by atoms with Crippen molar-refractivity contribution in [3.05, 3.63) is 30.2 Å². The lowest BCUT2D eigenvalue weighted by Gasteiger charge is -2.14. The number of nitrogens with one attached hydrogen (secondary N) is 1. The Labute approximate surface area is 110 Å². The molecule has 0 saturated carbocycles. The van der Waals surface area contributed by atoms with Crippen LogP contribution < -0.4 is 5.32 Å². The number of furan rings is 1. The molecule has 0 aliphatic rings. The van der Waals surface area contributed by atoms with Gasteiger partial charge in [-0.15, -0.1) is 0 Å². The molecule has 2 rings (SSSR count). The quantitative estimate of drug-likeness (QED) is 0.857. The van der Waals surface area contributed by atoms with E-state index in [1.54, 1.807) is 12.1 Å². The maximum Gasteiger partial charge on any atom is 0.273 e. The molecule has 102 valence electrons. The molecule has 0 bridgehead atoms. The van der Waals surface area contributed by atoms with Crippen LogP contribution >= 0.6 is 0 Å². The van der Waals surface area contributed by atoms with Crippen molar-refractivity contribution in [2.45, 2.75) is 20.0 Å². The van der Waals surface area contributed by atoms with E-state index < -0.39 is 6.10 Å². The second kappa shape index (κ2) is 5.71. The lowest BCUT2D eigenvalue weighted by atomic mass is 10.1. The number of hydrogen-bond acceptors (Lipinski definition) is 5. The maximum absolute atomic E-state index is 11.8. The molecule has 2 aromatic heterocycles. The summed E-state index contributed by atoms with van der Waals surface area (Å²) < 4.78 is 10.2. The highest BCUT2D eigenvalue weighted by Gasteiger charge is 2.16. The van der Waals surface area contributed by atoms with Crippen molar-refractivity contribution >= 4 is 5.91 Å². The zero-order valence-electron chi connectivity index (χ0n) is 10.8. The van der Waals surface area contributed by atoms with Crippen molar-refractivity contribution in [3.63, 3.8) is 0 Å². The molecule has 0 spiro atoms. The van der Waals surface area contributed by atoms with Gasteiger partial charge in [0.1, 0.15) is 0 Å². The highest BCUT2D eigenvalue weighted by atomic mass is 16.5. The molecule has 0 fully saturated rings. The van der Waals surface area contributed by atoms with E-state index in [1.807, 2.05) is 13.8 Å². The Morgan fingerprint density at radius 1 is 1.47 bits per heavy atom. The van der Waals surface area contributed by atoms with Crippen molar-refractivity contribution < 1.29 is 18.8 Å². The van der Waals surface area contributed by atoms with Gasteiger partial charge in [0.05, 0.1) is 12.4 Å². The molecule has 19 heavy (non-hydrogen) atoms. The predicted octanol–water partition coefficient (Wildman–Crippen LogP) is 1.68. The Hall–Kier alpha value is -2.08. The van der Waals surface area contributed by atoms with Gasteiger partial charge in [0.25, 0.3) is 5.91 Å². The molecule has 0 saturated heterocycles. The van der Waals surface area contributed by atoms with Gasteiger partial charge >= 0.3 is 0 Å². The van der Waals surface area contributed by atoms with Gasteiger partial charge in [0, 0.05) is 12.6 Å². The number of aliphatic hydroxyl groups excluding tert-OH is 1. The van der Waals surface area contributed by atoms with E-state index in [0.29, 0.717) is 11.5 Å². The Balaban J connectivity index is 1.97. The van der Waals surface area contributed by atoms with E-state index in [1.165, 1.54) is 12.3 Å². The van der Waals surface area contributed by atoms with Gasteiger partial charge in [0.15, 0.2) is 11.5 Å². The van der Waals surface area contributed by atoms with Crippen LogP contribution in [0.2, 0.25) is 0 Å². The number of aromatic nitrogens is 1. The van der Waals surface area contributed by atoms with Crippen LogP contribution in [0.3, 0.4) is 0 Å². The average Bonchev–Trinajstić information content (AvgIpc) is 3.04. The molecule has 1 amide bonds. The van der Waals surface area contributed by atoms with Crippen LogP contribution in [-0.4, -0.2) is 28.8 Å². The van der Waals surface area contributed by atoms with E-state index in [-0.39, 0.29) is 24.1 Å². The first-order valence-electron chi connectivity index (χ1n) is 6.04.